The number of nitrogens with zero attached hydrogens (tertiary/aromatic N) is 5. The summed E-state index contributed by atoms with van der Waals surface area (Å²) in [6.07, 6.45) is 4.28. The Labute approximate surface area is 163 Å². The van der Waals surface area contributed by atoms with Gasteiger partial charge in [0.2, 0.25) is 0 Å². The quantitative estimate of drug-likeness (QED) is 0.344. The highest BCUT2D eigenvalue weighted by Gasteiger charge is 2.22. The SMILES string of the molecule is CCNC(=NCCCCN(CC)CC)NC1CCc2nc(COC)nn2C1. The molecule has 0 fully saturated rings. The number of rotatable bonds is 11. The Bertz CT molecular complexity index is 568. The second-order valence-corrected chi connectivity index (χ2v) is 6.93. The molecule has 2 heterocycles. The molecule has 0 bridgehead atoms. The minimum Gasteiger partial charge on any atom is -0.377 e. The van der Waals surface area contributed by atoms with Gasteiger partial charge in [0.1, 0.15) is 12.4 Å². The summed E-state index contributed by atoms with van der Waals surface area (Å²) in [6.45, 7) is 13.0. The van der Waals surface area contributed by atoms with Crippen molar-refractivity contribution in [3.05, 3.63) is 11.6 Å². The first kappa shape index (κ1) is 21.6. The molecular formula is C19H37N7O. The van der Waals surface area contributed by atoms with Gasteiger partial charge in [0.05, 0.1) is 6.54 Å². The van der Waals surface area contributed by atoms with Crippen molar-refractivity contribution in [1.82, 2.24) is 30.3 Å². The second kappa shape index (κ2) is 11.9. The van der Waals surface area contributed by atoms with Gasteiger partial charge in [0, 0.05) is 32.7 Å². The number of ether oxygens (including phenoxy) is 1. The number of aromatic nitrogens is 3. The van der Waals surface area contributed by atoms with Gasteiger partial charge >= 0.3 is 0 Å². The van der Waals surface area contributed by atoms with E-state index in [9.17, 15) is 0 Å². The molecular weight excluding hydrogens is 342 g/mol. The summed E-state index contributed by atoms with van der Waals surface area (Å²) in [5.41, 5.74) is 0. The Hall–Kier alpha value is -1.67. The van der Waals surface area contributed by atoms with Crippen LogP contribution in [0.5, 0.6) is 0 Å². The fourth-order valence-corrected chi connectivity index (χ4v) is 3.36. The van der Waals surface area contributed by atoms with Gasteiger partial charge in [-0.3, -0.25) is 4.99 Å². The van der Waals surface area contributed by atoms with Gasteiger partial charge in [0.25, 0.3) is 0 Å². The Balaban J connectivity index is 1.80. The molecule has 27 heavy (non-hydrogen) atoms. The fraction of sp³-hybridized carbons (Fsp3) is 0.842. The molecule has 0 aromatic carbocycles. The van der Waals surface area contributed by atoms with E-state index in [4.69, 9.17) is 9.73 Å². The van der Waals surface area contributed by atoms with Gasteiger partial charge in [-0.1, -0.05) is 13.8 Å². The molecule has 8 heteroatoms. The molecule has 0 amide bonds. The van der Waals surface area contributed by atoms with Crippen molar-refractivity contribution in [2.45, 2.75) is 65.6 Å². The van der Waals surface area contributed by atoms with Gasteiger partial charge in [0.15, 0.2) is 11.8 Å². The van der Waals surface area contributed by atoms with Gasteiger partial charge in [-0.05, 0) is 45.8 Å². The van der Waals surface area contributed by atoms with Crippen molar-refractivity contribution in [1.29, 1.82) is 0 Å². The number of hydrogen-bond acceptors (Lipinski definition) is 5. The van der Waals surface area contributed by atoms with Crippen LogP contribution in [0.15, 0.2) is 4.99 Å². The average Bonchev–Trinajstić information content (AvgIpc) is 3.06. The number of fused-ring (bicyclic) bond motifs is 1. The molecule has 1 aromatic rings. The Kier molecular flexibility index (Phi) is 9.55. The summed E-state index contributed by atoms with van der Waals surface area (Å²) in [5, 5.41) is 11.5. The van der Waals surface area contributed by atoms with E-state index in [1.165, 1.54) is 6.42 Å². The Morgan fingerprint density at radius 1 is 1.30 bits per heavy atom. The lowest BCUT2D eigenvalue weighted by atomic mass is 10.1. The first-order valence-corrected chi connectivity index (χ1v) is 10.4. The van der Waals surface area contributed by atoms with Crippen LogP contribution in [-0.2, 0) is 24.3 Å². The minimum absolute atomic E-state index is 0.322. The molecule has 0 aliphatic carbocycles. The average molecular weight is 380 g/mol. The van der Waals surface area contributed by atoms with Crippen molar-refractivity contribution in [3.63, 3.8) is 0 Å². The van der Waals surface area contributed by atoms with Crippen LogP contribution < -0.4 is 10.6 Å². The van der Waals surface area contributed by atoms with E-state index < -0.39 is 0 Å². The molecule has 2 rings (SSSR count). The smallest absolute Gasteiger partial charge is 0.191 e. The topological polar surface area (TPSA) is 79.6 Å². The lowest BCUT2D eigenvalue weighted by Gasteiger charge is -2.25. The largest absolute Gasteiger partial charge is 0.377 e. The van der Waals surface area contributed by atoms with Gasteiger partial charge in [-0.15, -0.1) is 0 Å². The van der Waals surface area contributed by atoms with Crippen LogP contribution in [0.25, 0.3) is 0 Å². The van der Waals surface area contributed by atoms with Crippen molar-refractivity contribution in [3.8, 4) is 0 Å². The lowest BCUT2D eigenvalue weighted by molar-refractivity contribution is 0.177. The number of nitrogens with one attached hydrogen (secondary N) is 2. The monoisotopic (exact) mass is 379 g/mol. The fourth-order valence-electron chi connectivity index (χ4n) is 3.36. The molecule has 1 unspecified atom stereocenters. The molecule has 2 N–H and O–H groups in total. The standard InChI is InChI=1S/C19H37N7O/c1-5-20-19(21-12-8-9-13-25(6-2)7-3)22-16-10-11-18-23-17(15-27-4)24-26(18)14-16/h16H,5-15H2,1-4H3,(H2,20,21,22). The molecule has 154 valence electrons. The van der Waals surface area contributed by atoms with E-state index in [2.05, 4.69) is 46.4 Å². The van der Waals surface area contributed by atoms with Crippen LogP contribution in [-0.4, -0.2) is 71.5 Å². The molecule has 1 aliphatic rings. The van der Waals surface area contributed by atoms with Crippen molar-refractivity contribution >= 4 is 5.96 Å². The van der Waals surface area contributed by atoms with Crippen molar-refractivity contribution in [2.75, 3.05) is 39.8 Å². The number of aliphatic imine (C=N–C) groups is 1. The minimum atomic E-state index is 0.322. The van der Waals surface area contributed by atoms with Crippen molar-refractivity contribution in [2.24, 2.45) is 4.99 Å². The molecule has 1 aromatic heterocycles. The molecule has 0 radical (unpaired) electrons. The van der Waals surface area contributed by atoms with E-state index in [-0.39, 0.29) is 0 Å². The summed E-state index contributed by atoms with van der Waals surface area (Å²) in [4.78, 5) is 11.8. The summed E-state index contributed by atoms with van der Waals surface area (Å²) < 4.78 is 7.14. The number of hydrogen-bond donors (Lipinski definition) is 2. The van der Waals surface area contributed by atoms with Gasteiger partial charge in [-0.25, -0.2) is 9.67 Å². The van der Waals surface area contributed by atoms with Crippen LogP contribution in [0.1, 0.15) is 51.7 Å². The zero-order chi connectivity index (χ0) is 19.5. The number of aryl methyl sites for hydroxylation is 1. The van der Waals surface area contributed by atoms with E-state index in [1.807, 2.05) is 4.68 Å². The van der Waals surface area contributed by atoms with Crippen LogP contribution in [0, 0.1) is 0 Å². The maximum absolute atomic E-state index is 5.14. The van der Waals surface area contributed by atoms with E-state index in [0.717, 1.165) is 76.1 Å². The zero-order valence-corrected chi connectivity index (χ0v) is 17.5. The molecule has 0 saturated carbocycles. The molecule has 1 atom stereocenters. The summed E-state index contributed by atoms with van der Waals surface area (Å²) >= 11 is 0. The van der Waals surface area contributed by atoms with Crippen LogP contribution in [0.2, 0.25) is 0 Å². The Morgan fingerprint density at radius 2 is 2.11 bits per heavy atom. The maximum atomic E-state index is 5.14. The zero-order valence-electron chi connectivity index (χ0n) is 17.5. The first-order chi connectivity index (χ1) is 13.2. The predicted octanol–water partition coefficient (Wildman–Crippen LogP) is 1.42. The maximum Gasteiger partial charge on any atom is 0.191 e. The van der Waals surface area contributed by atoms with Crippen LogP contribution in [0.4, 0.5) is 0 Å². The summed E-state index contributed by atoms with van der Waals surface area (Å²) in [6, 6.07) is 0.322. The summed E-state index contributed by atoms with van der Waals surface area (Å²) in [5.74, 6) is 2.73. The van der Waals surface area contributed by atoms with E-state index in [0.29, 0.717) is 12.6 Å². The van der Waals surface area contributed by atoms with E-state index >= 15 is 0 Å². The third kappa shape index (κ3) is 7.10. The molecule has 1 aliphatic heterocycles. The molecule has 0 spiro atoms. The van der Waals surface area contributed by atoms with E-state index in [1.54, 1.807) is 7.11 Å². The van der Waals surface area contributed by atoms with Gasteiger partial charge in [-0.2, -0.15) is 5.10 Å². The lowest BCUT2D eigenvalue weighted by Crippen LogP contribution is -2.47. The number of methoxy groups -OCH3 is 1. The third-order valence-electron chi connectivity index (χ3n) is 4.91. The highest BCUT2D eigenvalue weighted by Crippen LogP contribution is 2.13. The van der Waals surface area contributed by atoms with Gasteiger partial charge < -0.3 is 20.3 Å². The van der Waals surface area contributed by atoms with Crippen molar-refractivity contribution < 1.29 is 4.74 Å². The summed E-state index contributed by atoms with van der Waals surface area (Å²) in [7, 11) is 1.67. The highest BCUT2D eigenvalue weighted by atomic mass is 16.5. The first-order valence-electron chi connectivity index (χ1n) is 10.4. The number of unbranched alkanes of at least 4 members (excludes halogenated alkanes) is 1. The predicted molar refractivity (Wildman–Crippen MR) is 109 cm³/mol. The number of guanidine groups is 1. The highest BCUT2D eigenvalue weighted by molar-refractivity contribution is 5.80. The normalized spacial score (nSPS) is 17.2. The molecule has 0 saturated heterocycles. The van der Waals surface area contributed by atoms with Crippen LogP contribution in [0.3, 0.4) is 0 Å². The molecule has 8 nitrogen and oxygen atoms in total. The van der Waals surface area contributed by atoms with Crippen LogP contribution >= 0.6 is 0 Å². The third-order valence-corrected chi connectivity index (χ3v) is 4.91. The second-order valence-electron chi connectivity index (χ2n) is 6.93. The Morgan fingerprint density at radius 3 is 2.81 bits per heavy atom.